The van der Waals surface area contributed by atoms with Crippen LogP contribution in [0.15, 0.2) is 0 Å². The van der Waals surface area contributed by atoms with E-state index in [1.54, 1.807) is 0 Å². The van der Waals surface area contributed by atoms with Crippen LogP contribution in [0.3, 0.4) is 0 Å². The van der Waals surface area contributed by atoms with E-state index in [0.717, 1.165) is 77.0 Å². The van der Waals surface area contributed by atoms with Crippen LogP contribution in [0.1, 0.15) is 284 Å². The first-order chi connectivity index (χ1) is 28.3. The summed E-state index contributed by atoms with van der Waals surface area (Å²) in [7, 11) is -8.29. The summed E-state index contributed by atoms with van der Waals surface area (Å²) in [5.41, 5.74) is 0. The molecule has 0 aliphatic heterocycles. The Morgan fingerprint density at radius 3 is 0.500 bits per heavy atom. The fraction of sp³-hybridized carbons (Fsp3) is 1.00. The Morgan fingerprint density at radius 1 is 0.250 bits per heavy atom. The van der Waals surface area contributed by atoms with Crippen molar-refractivity contribution >= 4 is 15.6 Å². The van der Waals surface area contributed by atoms with Gasteiger partial charge in [-0.15, -0.1) is 0 Å². The molecular weight excluding hydrogens is 812 g/mol. The van der Waals surface area contributed by atoms with Crippen molar-refractivity contribution in [1.82, 2.24) is 0 Å². The van der Waals surface area contributed by atoms with Crippen molar-refractivity contribution in [3.8, 4) is 0 Å². The first-order valence-corrected chi connectivity index (χ1v) is 28.5. The van der Waals surface area contributed by atoms with Crippen LogP contribution in [0, 0.1) is 0 Å². The molecule has 0 spiro atoms. The SMILES string of the molecule is CCCCCCCCCCCCOP(=O)([O-])OCCCCCCCCCCCCCCCCCCCCCCCCOP(=O)([O-])OCCCCCCCCCCCC.[Na+].[Na+]. The molecule has 0 saturated carbocycles. The van der Waals surface area contributed by atoms with E-state index in [0.29, 0.717) is 0 Å². The molecule has 0 heterocycles. The number of rotatable bonds is 51. The third-order valence-corrected chi connectivity index (χ3v) is 13.5. The average molecular weight is 911 g/mol. The zero-order valence-corrected chi connectivity index (χ0v) is 46.5. The predicted molar refractivity (Wildman–Crippen MR) is 244 cm³/mol. The minimum atomic E-state index is -4.14. The van der Waals surface area contributed by atoms with Crippen LogP contribution in [-0.4, -0.2) is 26.4 Å². The summed E-state index contributed by atoms with van der Waals surface area (Å²) in [5.74, 6) is 0. The third kappa shape index (κ3) is 56.3. The molecular formula is C48H98Na2O8P2. The Labute approximate surface area is 418 Å². The smallest absolute Gasteiger partial charge is 0.756 e. The van der Waals surface area contributed by atoms with E-state index in [1.807, 2.05) is 0 Å². The van der Waals surface area contributed by atoms with Crippen molar-refractivity contribution in [1.29, 1.82) is 0 Å². The zero-order chi connectivity index (χ0) is 42.4. The normalized spacial score (nSPS) is 13.5. The molecule has 0 aliphatic rings. The van der Waals surface area contributed by atoms with Crippen molar-refractivity contribution in [2.24, 2.45) is 0 Å². The first-order valence-electron chi connectivity index (χ1n) is 25.5. The van der Waals surface area contributed by atoms with E-state index in [1.165, 1.54) is 193 Å². The minimum absolute atomic E-state index is 0. The van der Waals surface area contributed by atoms with Gasteiger partial charge in [-0.25, -0.2) is 0 Å². The van der Waals surface area contributed by atoms with E-state index in [9.17, 15) is 18.9 Å². The van der Waals surface area contributed by atoms with Gasteiger partial charge in [-0.3, -0.25) is 9.13 Å². The summed E-state index contributed by atoms with van der Waals surface area (Å²) in [6, 6.07) is 0. The maximum atomic E-state index is 12.0. The molecule has 0 aromatic heterocycles. The predicted octanol–water partition coefficient (Wildman–Crippen LogP) is 10.4. The second-order valence-electron chi connectivity index (χ2n) is 17.4. The summed E-state index contributed by atoms with van der Waals surface area (Å²) in [5, 5.41) is 0. The Hall–Kier alpha value is 2.22. The van der Waals surface area contributed by atoms with E-state index in [4.69, 9.17) is 18.1 Å². The van der Waals surface area contributed by atoms with Crippen LogP contribution in [-0.2, 0) is 27.2 Å². The van der Waals surface area contributed by atoms with E-state index < -0.39 is 15.6 Å². The monoisotopic (exact) mass is 911 g/mol. The van der Waals surface area contributed by atoms with Gasteiger partial charge in [-0.2, -0.15) is 0 Å². The Bertz CT molecular complexity index is 834. The Balaban J connectivity index is -0.0000162. The fourth-order valence-electron chi connectivity index (χ4n) is 7.70. The second kappa shape index (κ2) is 53.8. The third-order valence-electron chi connectivity index (χ3n) is 11.5. The van der Waals surface area contributed by atoms with Crippen LogP contribution < -0.4 is 68.9 Å². The van der Waals surface area contributed by atoms with E-state index in [2.05, 4.69) is 13.8 Å². The number of hydrogen-bond donors (Lipinski definition) is 0. The minimum Gasteiger partial charge on any atom is -0.756 e. The molecule has 0 aliphatic carbocycles. The van der Waals surface area contributed by atoms with Gasteiger partial charge < -0.3 is 27.9 Å². The van der Waals surface area contributed by atoms with Crippen LogP contribution in [0.25, 0.3) is 0 Å². The first kappa shape index (κ1) is 66.5. The average Bonchev–Trinajstić information content (AvgIpc) is 3.20. The van der Waals surface area contributed by atoms with Crippen LogP contribution in [0.4, 0.5) is 0 Å². The van der Waals surface area contributed by atoms with Gasteiger partial charge in [-0.05, 0) is 25.7 Å². The summed E-state index contributed by atoms with van der Waals surface area (Å²) in [6.45, 7) is 5.46. The summed E-state index contributed by atoms with van der Waals surface area (Å²) in [4.78, 5) is 23.9. The van der Waals surface area contributed by atoms with Gasteiger partial charge in [0.15, 0.2) is 0 Å². The zero-order valence-electron chi connectivity index (χ0n) is 40.7. The van der Waals surface area contributed by atoms with Gasteiger partial charge in [0.25, 0.3) is 15.6 Å². The van der Waals surface area contributed by atoms with Gasteiger partial charge in [0.1, 0.15) is 0 Å². The number of unbranched alkanes of at least 4 members (excludes halogenated alkanes) is 39. The molecule has 0 saturated heterocycles. The van der Waals surface area contributed by atoms with Gasteiger partial charge in [0.05, 0.1) is 26.4 Å². The largest absolute Gasteiger partial charge is 1.00 e. The fourth-order valence-corrected chi connectivity index (χ4v) is 9.26. The van der Waals surface area contributed by atoms with Gasteiger partial charge >= 0.3 is 59.1 Å². The molecule has 2 atom stereocenters. The molecule has 0 fully saturated rings. The molecule has 0 radical (unpaired) electrons. The van der Waals surface area contributed by atoms with Crippen molar-refractivity contribution < 1.29 is 96.1 Å². The van der Waals surface area contributed by atoms with E-state index >= 15 is 0 Å². The number of hydrogen-bond acceptors (Lipinski definition) is 8. The van der Waals surface area contributed by atoms with Gasteiger partial charge in [0, 0.05) is 0 Å². The molecule has 0 N–H and O–H groups in total. The van der Waals surface area contributed by atoms with Crippen molar-refractivity contribution in [3.05, 3.63) is 0 Å². The van der Waals surface area contributed by atoms with Crippen LogP contribution in [0.2, 0.25) is 0 Å². The summed E-state index contributed by atoms with van der Waals surface area (Å²) < 4.78 is 44.1. The number of phosphoric acid groups is 2. The van der Waals surface area contributed by atoms with E-state index in [-0.39, 0.29) is 85.5 Å². The molecule has 8 nitrogen and oxygen atoms in total. The molecule has 0 amide bonds. The number of phosphoric ester groups is 2. The standard InChI is InChI=1S/C48H100O8P2.2Na/c1-3-5-7-9-11-13-29-33-37-41-45-53-57(49,50)55-47-43-39-35-31-27-25-23-21-19-17-15-16-18-20-22-24-26-28-32-36-40-44-48-56-58(51,52)54-46-42-38-34-30-14-12-10-8-6-4-2;;/h3-48H2,1-2H3,(H,49,50)(H,51,52);;/q;2*+1/p-2. The van der Waals surface area contributed by atoms with Gasteiger partial charge in [-0.1, -0.05) is 258 Å². The Kier molecular flexibility index (Phi) is 59.7. The second-order valence-corrected chi connectivity index (χ2v) is 20.2. The maximum absolute atomic E-state index is 12.0. The molecule has 350 valence electrons. The van der Waals surface area contributed by atoms with Crippen molar-refractivity contribution in [3.63, 3.8) is 0 Å². The molecule has 60 heavy (non-hydrogen) atoms. The summed E-state index contributed by atoms with van der Waals surface area (Å²) in [6.07, 6.45) is 51.4. The quantitative estimate of drug-likeness (QED) is 0.0337. The summed E-state index contributed by atoms with van der Waals surface area (Å²) >= 11 is 0. The van der Waals surface area contributed by atoms with Crippen molar-refractivity contribution in [2.45, 2.75) is 284 Å². The maximum Gasteiger partial charge on any atom is 1.00 e. The molecule has 12 heteroatoms. The van der Waals surface area contributed by atoms with Gasteiger partial charge in [0.2, 0.25) is 0 Å². The molecule has 0 rings (SSSR count). The molecule has 0 aromatic rings. The molecule has 2 unspecified atom stereocenters. The Morgan fingerprint density at radius 2 is 0.367 bits per heavy atom. The molecule has 0 bridgehead atoms. The molecule has 0 aromatic carbocycles. The van der Waals surface area contributed by atoms with Crippen LogP contribution >= 0.6 is 15.6 Å². The topological polar surface area (TPSA) is 117 Å². The van der Waals surface area contributed by atoms with Crippen molar-refractivity contribution in [2.75, 3.05) is 26.4 Å². The van der Waals surface area contributed by atoms with Crippen LogP contribution in [0.5, 0.6) is 0 Å².